The lowest BCUT2D eigenvalue weighted by Gasteiger charge is -2.39. The molecule has 3 rings (SSSR count). The van der Waals surface area contributed by atoms with Gasteiger partial charge in [-0.15, -0.1) is 0 Å². The van der Waals surface area contributed by atoms with Gasteiger partial charge in [0.05, 0.1) is 5.69 Å². The number of carbonyl (C=O) groups excluding carboxylic acids is 1. The first kappa shape index (κ1) is 16.6. The van der Waals surface area contributed by atoms with Crippen LogP contribution in [-0.4, -0.2) is 54.4 Å². The predicted molar refractivity (Wildman–Crippen MR) is 94.7 cm³/mol. The first-order chi connectivity index (χ1) is 11.7. The van der Waals surface area contributed by atoms with E-state index in [1.807, 2.05) is 36.5 Å². The van der Waals surface area contributed by atoms with Crippen molar-refractivity contribution in [3.63, 3.8) is 0 Å². The molecule has 1 atom stereocenters. The van der Waals surface area contributed by atoms with Crippen LogP contribution < -0.4 is 5.32 Å². The van der Waals surface area contributed by atoms with E-state index in [0.717, 1.165) is 31.9 Å². The summed E-state index contributed by atoms with van der Waals surface area (Å²) in [6.07, 6.45) is 1.84. The van der Waals surface area contributed by atoms with Crippen LogP contribution in [0.1, 0.15) is 27.7 Å². The van der Waals surface area contributed by atoms with E-state index in [2.05, 4.69) is 39.3 Å². The Morgan fingerprint density at radius 2 is 2.12 bits per heavy atom. The number of pyridine rings is 1. The summed E-state index contributed by atoms with van der Waals surface area (Å²) in [4.78, 5) is 21.1. The van der Waals surface area contributed by atoms with Crippen LogP contribution >= 0.6 is 0 Å². The summed E-state index contributed by atoms with van der Waals surface area (Å²) in [5.41, 5.74) is 2.99. The molecule has 126 valence electrons. The van der Waals surface area contributed by atoms with Gasteiger partial charge in [0.15, 0.2) is 0 Å². The Balaban J connectivity index is 1.75. The van der Waals surface area contributed by atoms with Crippen LogP contribution in [0.4, 0.5) is 0 Å². The number of carbonyl (C=O) groups is 1. The number of aromatic nitrogens is 1. The maximum Gasteiger partial charge on any atom is 0.251 e. The Bertz CT molecular complexity index is 689. The highest BCUT2D eigenvalue weighted by molar-refractivity contribution is 5.94. The molecular formula is C19H24N4O. The normalized spacial score (nSPS) is 19.2. The maximum absolute atomic E-state index is 11.9. The molecular weight excluding hydrogens is 300 g/mol. The summed E-state index contributed by atoms with van der Waals surface area (Å²) in [6, 6.07) is 14.3. The van der Waals surface area contributed by atoms with Crippen LogP contribution in [0.5, 0.6) is 0 Å². The van der Waals surface area contributed by atoms with Crippen molar-refractivity contribution in [3.8, 4) is 0 Å². The van der Waals surface area contributed by atoms with Crippen molar-refractivity contribution >= 4 is 5.91 Å². The Labute approximate surface area is 143 Å². The highest BCUT2D eigenvalue weighted by atomic mass is 16.1. The summed E-state index contributed by atoms with van der Waals surface area (Å²) in [5.74, 6) is -0.0411. The Kier molecular flexibility index (Phi) is 5.23. The molecule has 0 aliphatic carbocycles. The minimum Gasteiger partial charge on any atom is -0.355 e. The third-order valence-corrected chi connectivity index (χ3v) is 4.60. The lowest BCUT2D eigenvalue weighted by Crippen LogP contribution is -2.46. The molecule has 5 nitrogen and oxygen atoms in total. The second-order valence-electron chi connectivity index (χ2n) is 6.26. The summed E-state index contributed by atoms with van der Waals surface area (Å²) < 4.78 is 0. The molecule has 1 aromatic heterocycles. The SMILES string of the molecule is CNC(=O)c1cccc(C2CN(Cc3ccccn3)CCN2C)c1. The smallest absolute Gasteiger partial charge is 0.251 e. The lowest BCUT2D eigenvalue weighted by atomic mass is 10.00. The number of piperazine rings is 1. The van der Waals surface area contributed by atoms with Crippen LogP contribution in [0.15, 0.2) is 48.7 Å². The van der Waals surface area contributed by atoms with Gasteiger partial charge in [0.25, 0.3) is 5.91 Å². The van der Waals surface area contributed by atoms with E-state index >= 15 is 0 Å². The van der Waals surface area contributed by atoms with Gasteiger partial charge in [-0.25, -0.2) is 0 Å². The van der Waals surface area contributed by atoms with Gasteiger partial charge in [-0.05, 0) is 36.9 Å². The molecule has 1 aliphatic rings. The van der Waals surface area contributed by atoms with Gasteiger partial charge in [-0.1, -0.05) is 18.2 Å². The summed E-state index contributed by atoms with van der Waals surface area (Å²) in [7, 11) is 3.81. The fourth-order valence-corrected chi connectivity index (χ4v) is 3.19. The average molecular weight is 324 g/mol. The third-order valence-electron chi connectivity index (χ3n) is 4.60. The fraction of sp³-hybridized carbons (Fsp3) is 0.368. The van der Waals surface area contributed by atoms with E-state index in [1.54, 1.807) is 7.05 Å². The average Bonchev–Trinajstić information content (AvgIpc) is 2.63. The second kappa shape index (κ2) is 7.55. The zero-order valence-electron chi connectivity index (χ0n) is 14.3. The molecule has 1 aliphatic heterocycles. The van der Waals surface area contributed by atoms with Crippen LogP contribution in [0.25, 0.3) is 0 Å². The van der Waals surface area contributed by atoms with E-state index in [9.17, 15) is 4.79 Å². The molecule has 1 amide bonds. The van der Waals surface area contributed by atoms with E-state index in [-0.39, 0.29) is 11.9 Å². The van der Waals surface area contributed by atoms with E-state index in [4.69, 9.17) is 0 Å². The minimum atomic E-state index is -0.0411. The number of benzene rings is 1. The third kappa shape index (κ3) is 3.80. The van der Waals surface area contributed by atoms with Gasteiger partial charge in [0, 0.05) is 51.0 Å². The van der Waals surface area contributed by atoms with Crippen LogP contribution in [-0.2, 0) is 6.54 Å². The molecule has 1 N–H and O–H groups in total. The number of rotatable bonds is 4. The first-order valence-corrected chi connectivity index (χ1v) is 8.32. The van der Waals surface area contributed by atoms with Gasteiger partial charge >= 0.3 is 0 Å². The monoisotopic (exact) mass is 324 g/mol. The number of hydrogen-bond donors (Lipinski definition) is 1. The van der Waals surface area contributed by atoms with Gasteiger partial charge in [0.1, 0.15) is 0 Å². The highest BCUT2D eigenvalue weighted by Crippen LogP contribution is 2.25. The molecule has 1 saturated heterocycles. The van der Waals surface area contributed by atoms with Crippen LogP contribution in [0.3, 0.4) is 0 Å². The number of nitrogens with zero attached hydrogens (tertiary/aromatic N) is 3. The molecule has 24 heavy (non-hydrogen) atoms. The van der Waals surface area contributed by atoms with Gasteiger partial charge in [-0.3, -0.25) is 19.6 Å². The van der Waals surface area contributed by atoms with Gasteiger partial charge in [0.2, 0.25) is 0 Å². The van der Waals surface area contributed by atoms with Crippen molar-refractivity contribution in [1.29, 1.82) is 0 Å². The van der Waals surface area contributed by atoms with Crippen molar-refractivity contribution in [2.24, 2.45) is 0 Å². The summed E-state index contributed by atoms with van der Waals surface area (Å²) in [6.45, 7) is 3.82. The fourth-order valence-electron chi connectivity index (χ4n) is 3.19. The van der Waals surface area contributed by atoms with Crippen molar-refractivity contribution in [1.82, 2.24) is 20.1 Å². The van der Waals surface area contributed by atoms with Crippen molar-refractivity contribution < 1.29 is 4.79 Å². The topological polar surface area (TPSA) is 48.5 Å². The Morgan fingerprint density at radius 1 is 1.25 bits per heavy atom. The van der Waals surface area contributed by atoms with Crippen molar-refractivity contribution in [3.05, 3.63) is 65.5 Å². The molecule has 0 spiro atoms. The van der Waals surface area contributed by atoms with Crippen molar-refractivity contribution in [2.75, 3.05) is 33.7 Å². The Hall–Kier alpha value is -2.24. The molecule has 1 unspecified atom stereocenters. The van der Waals surface area contributed by atoms with E-state index in [1.165, 1.54) is 5.56 Å². The van der Waals surface area contributed by atoms with Gasteiger partial charge < -0.3 is 5.32 Å². The molecule has 2 heterocycles. The van der Waals surface area contributed by atoms with Crippen LogP contribution in [0.2, 0.25) is 0 Å². The molecule has 5 heteroatoms. The molecule has 0 bridgehead atoms. The molecule has 1 fully saturated rings. The van der Waals surface area contributed by atoms with E-state index in [0.29, 0.717) is 5.56 Å². The van der Waals surface area contributed by atoms with E-state index < -0.39 is 0 Å². The molecule has 1 aromatic carbocycles. The standard InChI is InChI=1S/C19H24N4O/c1-20-19(24)16-7-5-6-15(12-16)18-14-23(11-10-22(18)2)13-17-8-3-4-9-21-17/h3-9,12,18H,10-11,13-14H2,1-2H3,(H,20,24). The van der Waals surface area contributed by atoms with Gasteiger partial charge in [-0.2, -0.15) is 0 Å². The largest absolute Gasteiger partial charge is 0.355 e. The summed E-state index contributed by atoms with van der Waals surface area (Å²) in [5, 5.41) is 2.69. The number of likely N-dealkylation sites (N-methyl/N-ethyl adjacent to an activating group) is 1. The molecule has 0 radical (unpaired) electrons. The highest BCUT2D eigenvalue weighted by Gasteiger charge is 2.26. The second-order valence-corrected chi connectivity index (χ2v) is 6.26. The number of hydrogen-bond acceptors (Lipinski definition) is 4. The molecule has 2 aromatic rings. The molecule has 0 saturated carbocycles. The van der Waals surface area contributed by atoms with Crippen LogP contribution in [0, 0.1) is 0 Å². The Morgan fingerprint density at radius 3 is 2.88 bits per heavy atom. The zero-order chi connectivity index (χ0) is 16.9. The lowest BCUT2D eigenvalue weighted by molar-refractivity contribution is 0.0893. The quantitative estimate of drug-likeness (QED) is 0.934. The summed E-state index contributed by atoms with van der Waals surface area (Å²) >= 11 is 0. The number of amides is 1. The maximum atomic E-state index is 11.9. The predicted octanol–water partition coefficient (Wildman–Crippen LogP) is 1.93. The number of nitrogens with one attached hydrogen (secondary N) is 1. The van der Waals surface area contributed by atoms with Crippen molar-refractivity contribution in [2.45, 2.75) is 12.6 Å². The first-order valence-electron chi connectivity index (χ1n) is 8.32. The minimum absolute atomic E-state index is 0.0411. The zero-order valence-corrected chi connectivity index (χ0v) is 14.3.